The van der Waals surface area contributed by atoms with Crippen molar-refractivity contribution in [2.75, 3.05) is 20.2 Å². The molecule has 3 nitrogen and oxygen atoms in total. The summed E-state index contributed by atoms with van der Waals surface area (Å²) >= 11 is 0. The van der Waals surface area contributed by atoms with Crippen molar-refractivity contribution in [3.8, 4) is 0 Å². The third kappa shape index (κ3) is 2.81. The number of benzene rings is 1. The van der Waals surface area contributed by atoms with E-state index in [9.17, 15) is 0 Å². The van der Waals surface area contributed by atoms with E-state index in [0.717, 1.165) is 5.56 Å². The molecule has 0 saturated carbocycles. The van der Waals surface area contributed by atoms with Gasteiger partial charge in [0.25, 0.3) is 0 Å². The zero-order valence-corrected chi connectivity index (χ0v) is 7.85. The zero-order chi connectivity index (χ0) is 9.68. The van der Waals surface area contributed by atoms with E-state index < -0.39 is 0 Å². The summed E-state index contributed by atoms with van der Waals surface area (Å²) in [6.45, 7) is 0.729. The smallest absolute Gasteiger partial charge is 0.0833 e. The largest absolute Gasteiger partial charge is 0.395 e. The molecule has 72 valence electrons. The van der Waals surface area contributed by atoms with Crippen LogP contribution in [0.1, 0.15) is 11.7 Å². The summed E-state index contributed by atoms with van der Waals surface area (Å²) in [7, 11) is 1.90. The van der Waals surface area contributed by atoms with E-state index >= 15 is 0 Å². The number of aliphatic hydroxyl groups is 1. The Bertz CT molecular complexity index is 238. The summed E-state index contributed by atoms with van der Waals surface area (Å²) in [6, 6.07) is 9.85. The van der Waals surface area contributed by atoms with Crippen LogP contribution in [0.4, 0.5) is 0 Å². The molecule has 0 spiro atoms. The fourth-order valence-corrected chi connectivity index (χ4v) is 1.20. The summed E-state index contributed by atoms with van der Waals surface area (Å²) in [5.41, 5.74) is 7.01. The van der Waals surface area contributed by atoms with Gasteiger partial charge in [-0.3, -0.25) is 4.90 Å². The van der Waals surface area contributed by atoms with Gasteiger partial charge in [-0.1, -0.05) is 30.3 Å². The average molecular weight is 180 g/mol. The van der Waals surface area contributed by atoms with Crippen LogP contribution in [0.15, 0.2) is 30.3 Å². The van der Waals surface area contributed by atoms with Gasteiger partial charge in [0.2, 0.25) is 0 Å². The van der Waals surface area contributed by atoms with E-state index in [1.165, 1.54) is 0 Å². The standard InChI is InChI=1S/C10H16N2O/c1-12(7-8-13)10(11)9-5-3-2-4-6-9/h2-6,10,13H,7-8,11H2,1H3. The molecule has 0 heterocycles. The van der Waals surface area contributed by atoms with E-state index in [1.807, 2.05) is 42.3 Å². The van der Waals surface area contributed by atoms with Gasteiger partial charge in [-0.15, -0.1) is 0 Å². The molecule has 0 saturated heterocycles. The lowest BCUT2D eigenvalue weighted by Gasteiger charge is -2.23. The second-order valence-electron chi connectivity index (χ2n) is 3.06. The number of nitrogens with zero attached hydrogens (tertiary/aromatic N) is 1. The summed E-state index contributed by atoms with van der Waals surface area (Å²) in [5.74, 6) is 0. The maximum absolute atomic E-state index is 8.74. The maximum Gasteiger partial charge on any atom is 0.0833 e. The molecular weight excluding hydrogens is 164 g/mol. The van der Waals surface area contributed by atoms with Crippen LogP contribution in [0.2, 0.25) is 0 Å². The molecule has 0 bridgehead atoms. The second kappa shape index (κ2) is 4.97. The summed E-state index contributed by atoms with van der Waals surface area (Å²) < 4.78 is 0. The Labute approximate surface area is 78.8 Å². The molecule has 1 atom stereocenters. The number of hydrogen-bond donors (Lipinski definition) is 2. The van der Waals surface area contributed by atoms with E-state index in [2.05, 4.69) is 0 Å². The molecule has 1 aromatic rings. The molecule has 0 radical (unpaired) electrons. The highest BCUT2D eigenvalue weighted by Crippen LogP contribution is 2.11. The number of aliphatic hydroxyl groups excluding tert-OH is 1. The zero-order valence-electron chi connectivity index (χ0n) is 7.85. The molecule has 3 N–H and O–H groups in total. The Kier molecular flexibility index (Phi) is 3.89. The van der Waals surface area contributed by atoms with Gasteiger partial charge in [0.15, 0.2) is 0 Å². The fraction of sp³-hybridized carbons (Fsp3) is 0.400. The molecule has 0 fully saturated rings. The van der Waals surface area contributed by atoms with Crippen molar-refractivity contribution in [2.24, 2.45) is 5.73 Å². The average Bonchev–Trinajstić information content (AvgIpc) is 2.18. The van der Waals surface area contributed by atoms with Crippen LogP contribution in [0.5, 0.6) is 0 Å². The SMILES string of the molecule is CN(CCO)C(N)c1ccccc1. The highest BCUT2D eigenvalue weighted by Gasteiger charge is 2.09. The van der Waals surface area contributed by atoms with E-state index in [4.69, 9.17) is 10.8 Å². The van der Waals surface area contributed by atoms with Crippen molar-refractivity contribution in [3.05, 3.63) is 35.9 Å². The first-order valence-electron chi connectivity index (χ1n) is 4.37. The molecule has 0 aliphatic rings. The molecule has 0 aliphatic heterocycles. The van der Waals surface area contributed by atoms with Crippen LogP contribution in [0.3, 0.4) is 0 Å². The number of nitrogens with two attached hydrogens (primary N) is 1. The topological polar surface area (TPSA) is 49.5 Å². The lowest BCUT2D eigenvalue weighted by Crippen LogP contribution is -2.33. The fourth-order valence-electron chi connectivity index (χ4n) is 1.20. The molecular formula is C10H16N2O. The van der Waals surface area contributed by atoms with Gasteiger partial charge >= 0.3 is 0 Å². The minimum Gasteiger partial charge on any atom is -0.395 e. The summed E-state index contributed by atoms with van der Waals surface area (Å²) in [5, 5.41) is 8.74. The van der Waals surface area contributed by atoms with Gasteiger partial charge in [-0.05, 0) is 12.6 Å². The van der Waals surface area contributed by atoms with Gasteiger partial charge in [0.1, 0.15) is 0 Å². The Morgan fingerprint density at radius 1 is 1.38 bits per heavy atom. The van der Waals surface area contributed by atoms with Crippen LogP contribution < -0.4 is 5.73 Å². The Morgan fingerprint density at radius 2 is 2.00 bits per heavy atom. The van der Waals surface area contributed by atoms with Crippen molar-refractivity contribution >= 4 is 0 Å². The quantitative estimate of drug-likeness (QED) is 0.666. The number of hydrogen-bond acceptors (Lipinski definition) is 3. The molecule has 1 aromatic carbocycles. The number of rotatable bonds is 4. The van der Waals surface area contributed by atoms with Gasteiger partial charge < -0.3 is 10.8 Å². The van der Waals surface area contributed by atoms with Gasteiger partial charge in [0.05, 0.1) is 12.8 Å². The summed E-state index contributed by atoms with van der Waals surface area (Å²) in [4.78, 5) is 1.91. The minimum atomic E-state index is -0.131. The first-order valence-corrected chi connectivity index (χ1v) is 4.37. The summed E-state index contributed by atoms with van der Waals surface area (Å²) in [6.07, 6.45) is -0.131. The lowest BCUT2D eigenvalue weighted by atomic mass is 10.1. The van der Waals surface area contributed by atoms with Gasteiger partial charge in [-0.2, -0.15) is 0 Å². The molecule has 1 unspecified atom stereocenters. The highest BCUT2D eigenvalue weighted by molar-refractivity contribution is 5.17. The van der Waals surface area contributed by atoms with Crippen LogP contribution in [0, 0.1) is 0 Å². The van der Waals surface area contributed by atoms with Gasteiger partial charge in [-0.25, -0.2) is 0 Å². The van der Waals surface area contributed by atoms with Crippen LogP contribution in [-0.4, -0.2) is 30.2 Å². The maximum atomic E-state index is 8.74. The molecule has 0 amide bonds. The van der Waals surface area contributed by atoms with E-state index in [-0.39, 0.29) is 12.8 Å². The number of likely N-dealkylation sites (N-methyl/N-ethyl adjacent to an activating group) is 1. The first kappa shape index (κ1) is 10.2. The molecule has 0 aromatic heterocycles. The second-order valence-corrected chi connectivity index (χ2v) is 3.06. The molecule has 3 heteroatoms. The van der Waals surface area contributed by atoms with Crippen molar-refractivity contribution in [1.29, 1.82) is 0 Å². The van der Waals surface area contributed by atoms with Crippen LogP contribution >= 0.6 is 0 Å². The Balaban J connectivity index is 2.62. The van der Waals surface area contributed by atoms with Gasteiger partial charge in [0, 0.05) is 6.54 Å². The third-order valence-corrected chi connectivity index (χ3v) is 2.07. The lowest BCUT2D eigenvalue weighted by molar-refractivity contribution is 0.183. The first-order chi connectivity index (χ1) is 6.25. The highest BCUT2D eigenvalue weighted by atomic mass is 16.3. The normalized spacial score (nSPS) is 13.2. The van der Waals surface area contributed by atoms with E-state index in [1.54, 1.807) is 0 Å². The van der Waals surface area contributed by atoms with Crippen molar-refractivity contribution in [1.82, 2.24) is 4.90 Å². The van der Waals surface area contributed by atoms with Crippen molar-refractivity contribution < 1.29 is 5.11 Å². The third-order valence-electron chi connectivity index (χ3n) is 2.07. The molecule has 0 aliphatic carbocycles. The van der Waals surface area contributed by atoms with Crippen LogP contribution in [-0.2, 0) is 0 Å². The van der Waals surface area contributed by atoms with Crippen molar-refractivity contribution in [2.45, 2.75) is 6.17 Å². The Morgan fingerprint density at radius 3 is 2.54 bits per heavy atom. The Hall–Kier alpha value is -0.900. The molecule has 13 heavy (non-hydrogen) atoms. The predicted molar refractivity (Wildman–Crippen MR) is 53.1 cm³/mol. The predicted octanol–water partition coefficient (Wildman–Crippen LogP) is 0.568. The monoisotopic (exact) mass is 180 g/mol. The van der Waals surface area contributed by atoms with E-state index in [0.29, 0.717) is 6.54 Å². The minimum absolute atomic E-state index is 0.131. The van der Waals surface area contributed by atoms with Crippen molar-refractivity contribution in [3.63, 3.8) is 0 Å². The van der Waals surface area contributed by atoms with Crippen LogP contribution in [0.25, 0.3) is 0 Å². The molecule has 1 rings (SSSR count).